The molecule has 6 aliphatic rings. The highest BCUT2D eigenvalue weighted by atomic mass is 35.7. The summed E-state index contributed by atoms with van der Waals surface area (Å²) in [7, 11) is -4.28. The molecule has 12 rings (SSSR count). The van der Waals surface area contributed by atoms with Crippen LogP contribution < -0.4 is 25.6 Å². The molecule has 26 heteroatoms. The van der Waals surface area contributed by atoms with Crippen LogP contribution in [0.25, 0.3) is 21.5 Å². The molecule has 12 atom stereocenters. The molecule has 0 saturated carbocycles. The summed E-state index contributed by atoms with van der Waals surface area (Å²) in [5.74, 6) is -3.65. The summed E-state index contributed by atoms with van der Waals surface area (Å²) in [6, 6.07) is 43.5. The number of aliphatic hydroxyl groups excluding tert-OH is 1. The average Bonchev–Trinajstić information content (AvgIpc) is 1.61. The largest absolute Gasteiger partial charge is 0.461 e. The molecule has 6 unspecified atom stereocenters. The lowest BCUT2D eigenvalue weighted by atomic mass is 10.1. The van der Waals surface area contributed by atoms with Crippen LogP contribution in [-0.4, -0.2) is 125 Å². The molecule has 6 aliphatic heterocycles. The van der Waals surface area contributed by atoms with Crippen molar-refractivity contribution in [3.05, 3.63) is 205 Å². The minimum atomic E-state index is -4.28. The van der Waals surface area contributed by atoms with Crippen molar-refractivity contribution in [2.24, 2.45) is 17.4 Å². The number of nitrogens with one attached hydrogen (secondary N) is 1. The minimum absolute atomic E-state index is 0. The molecule has 512 valence electrons. The highest BCUT2D eigenvalue weighted by Gasteiger charge is 2.58. The number of ether oxygens (including phenoxy) is 8. The molecule has 0 bridgehead atoms. The number of allylic oxidation sites excluding steroid dienone is 2. The summed E-state index contributed by atoms with van der Waals surface area (Å²) >= 11 is 6.15. The van der Waals surface area contributed by atoms with Crippen LogP contribution in [0.2, 0.25) is 0 Å². The van der Waals surface area contributed by atoms with Crippen LogP contribution in [0.1, 0.15) is 72.9 Å². The van der Waals surface area contributed by atoms with E-state index in [-0.39, 0.29) is 52.2 Å². The van der Waals surface area contributed by atoms with Gasteiger partial charge in [0.1, 0.15) is 67.4 Å². The fourth-order valence-electron chi connectivity index (χ4n) is 11.4. The van der Waals surface area contributed by atoms with Crippen LogP contribution >= 0.6 is 25.7 Å². The van der Waals surface area contributed by atoms with E-state index >= 15 is 0 Å². The maximum atomic E-state index is 14.5. The number of nitrogens with zero attached hydrogens (tertiary/aromatic N) is 2. The Kier molecular flexibility index (Phi) is 23.9. The Labute approximate surface area is 562 Å². The fraction of sp³-hybridized carbons (Fsp3) is 0.371. The normalized spacial score (nSPS) is 24.5. The van der Waals surface area contributed by atoms with E-state index in [4.69, 9.17) is 74.2 Å². The summed E-state index contributed by atoms with van der Waals surface area (Å²) in [5, 5.41) is 15.6. The lowest BCUT2D eigenvalue weighted by Crippen LogP contribution is -2.40. The first-order valence-electron chi connectivity index (χ1n) is 30.9. The third kappa shape index (κ3) is 18.5. The quantitative estimate of drug-likeness (QED) is 0.0363. The lowest BCUT2D eigenvalue weighted by Gasteiger charge is -2.31. The van der Waals surface area contributed by atoms with Gasteiger partial charge in [-0.3, -0.25) is 28.3 Å². The van der Waals surface area contributed by atoms with Crippen LogP contribution in [0.4, 0.5) is 0 Å². The first-order chi connectivity index (χ1) is 45.4. The molecular formula is C70H82ClN5O18P2. The number of rotatable bonds is 22. The van der Waals surface area contributed by atoms with Crippen LogP contribution in [0.5, 0.6) is 11.5 Å². The smallest absolute Gasteiger partial charge is 0.459 e. The lowest BCUT2D eigenvalue weighted by molar-refractivity contribution is -0.201. The van der Waals surface area contributed by atoms with Crippen molar-refractivity contribution in [2.45, 2.75) is 142 Å². The molecule has 0 aromatic heterocycles. The molecule has 4 fully saturated rings. The monoisotopic (exact) mass is 1380 g/mol. The van der Waals surface area contributed by atoms with Gasteiger partial charge in [-0.05, 0) is 92.7 Å². The number of aliphatic hydroxyl groups is 1. The van der Waals surface area contributed by atoms with Gasteiger partial charge in [0, 0.05) is 46.7 Å². The second-order valence-electron chi connectivity index (χ2n) is 24.2. The summed E-state index contributed by atoms with van der Waals surface area (Å²) in [5.41, 5.74) is 13.5. The van der Waals surface area contributed by atoms with E-state index in [1.54, 1.807) is 73.4 Å². The number of primary amides is 2. The maximum Gasteiger partial charge on any atom is 0.459 e. The van der Waals surface area contributed by atoms with Gasteiger partial charge in [0.15, 0.2) is 24.0 Å². The summed E-state index contributed by atoms with van der Waals surface area (Å²) in [6.07, 6.45) is 7.08. The molecule has 0 radical (unpaired) electrons. The number of hydrogen-bond acceptors (Lipinski definition) is 20. The highest BCUT2D eigenvalue weighted by Crippen LogP contribution is 2.55. The number of carbonyl (C=O) groups is 4. The first-order valence-corrected chi connectivity index (χ1v) is 35.2. The second kappa shape index (κ2) is 31.6. The third-order valence-electron chi connectivity index (χ3n) is 15.9. The van der Waals surface area contributed by atoms with Crippen LogP contribution in [0.3, 0.4) is 0 Å². The van der Waals surface area contributed by atoms with Gasteiger partial charge in [-0.2, -0.15) is 5.09 Å². The predicted octanol–water partition coefficient (Wildman–Crippen LogP) is 11.4. The summed E-state index contributed by atoms with van der Waals surface area (Å²) in [6.45, 7) is 6.65. The Hall–Kier alpha value is -7.73. The van der Waals surface area contributed by atoms with Crippen LogP contribution in [-0.2, 0) is 83.9 Å². The second-order valence-corrected chi connectivity index (χ2v) is 29.2. The van der Waals surface area contributed by atoms with E-state index in [0.29, 0.717) is 40.9 Å². The molecule has 6 aromatic carbocycles. The zero-order valence-electron chi connectivity index (χ0n) is 53.3. The number of nitrogens with two attached hydrogens (primary N) is 2. The van der Waals surface area contributed by atoms with Gasteiger partial charge < -0.3 is 73.3 Å². The number of carbonyl (C=O) groups excluding carboxylic acids is 4. The van der Waals surface area contributed by atoms with Crippen molar-refractivity contribution in [3.63, 3.8) is 0 Å². The van der Waals surface area contributed by atoms with Crippen molar-refractivity contribution < 1.29 is 84.9 Å². The van der Waals surface area contributed by atoms with E-state index in [0.717, 1.165) is 27.3 Å². The van der Waals surface area contributed by atoms with Crippen molar-refractivity contribution in [1.29, 1.82) is 0 Å². The predicted molar refractivity (Wildman–Crippen MR) is 360 cm³/mol. The molecular weight excluding hydrogens is 1300 g/mol. The van der Waals surface area contributed by atoms with Gasteiger partial charge >= 0.3 is 26.4 Å². The number of benzene rings is 6. The minimum Gasteiger partial charge on any atom is -0.461 e. The SMILES string of the molecule is C.CC(CP(=O)(Cl)Oc1cccc2ccccc12)C(=O)OCc1ccccc1.CC(NP(=O)(OCC1O[C@@H](N2C=CCC(C(N)=O)=C2)[C@@H]2OC(C)(C)O[C@H]12)Oc1cccc2ccccc12)C(=O)OCc1ccccc1.CC1(C)O[C@@H]2[C@H](O1)C(CO)O[C@H]2N1C=CCC(C(N)=O)=C1. The van der Waals surface area contributed by atoms with E-state index in [1.165, 1.54) is 6.92 Å². The topological polar surface area (TPSA) is 295 Å². The fourth-order valence-corrected chi connectivity index (χ4v) is 15.1. The molecule has 96 heavy (non-hydrogen) atoms. The van der Waals surface area contributed by atoms with Gasteiger partial charge in [-0.25, -0.2) is 4.57 Å². The number of halogens is 1. The molecule has 6 heterocycles. The summed E-state index contributed by atoms with van der Waals surface area (Å²) in [4.78, 5) is 51.9. The Morgan fingerprint density at radius 3 is 1.52 bits per heavy atom. The van der Waals surface area contributed by atoms with Crippen LogP contribution in [0, 0.1) is 5.92 Å². The Balaban J connectivity index is 0.000000186. The zero-order chi connectivity index (χ0) is 67.7. The molecule has 0 spiro atoms. The maximum absolute atomic E-state index is 14.5. The Bertz CT molecular complexity index is 3940. The molecule has 6 N–H and O–H groups in total. The Morgan fingerprint density at radius 1 is 0.604 bits per heavy atom. The van der Waals surface area contributed by atoms with Crippen molar-refractivity contribution >= 4 is 71.0 Å². The van der Waals surface area contributed by atoms with E-state index in [2.05, 4.69) is 5.09 Å². The number of fused-ring (bicyclic) bond motifs is 4. The van der Waals surface area contributed by atoms with Gasteiger partial charge in [0.05, 0.1) is 25.3 Å². The summed E-state index contributed by atoms with van der Waals surface area (Å²) < 4.78 is 92.0. The van der Waals surface area contributed by atoms with E-state index < -0.39 is 98.6 Å². The number of esters is 2. The van der Waals surface area contributed by atoms with Gasteiger partial charge in [0.2, 0.25) is 11.8 Å². The van der Waals surface area contributed by atoms with Gasteiger partial charge in [0.25, 0.3) is 0 Å². The highest BCUT2D eigenvalue weighted by molar-refractivity contribution is 7.85. The molecule has 2 amide bonds. The molecule has 0 aliphatic carbocycles. The van der Waals surface area contributed by atoms with Crippen molar-refractivity contribution in [1.82, 2.24) is 14.9 Å². The van der Waals surface area contributed by atoms with Gasteiger partial charge in [-0.15, -0.1) is 0 Å². The van der Waals surface area contributed by atoms with Crippen molar-refractivity contribution in [3.8, 4) is 11.5 Å². The first kappa shape index (κ1) is 72.5. The molecule has 6 aromatic rings. The standard InChI is InChI=1S/C34H38N3O9P.C21H20ClO4P.C14H20N2O5.CH4/c1-22(33(39)41-20-23-11-5-4-6-12-23)36-47(40,46-27-17-9-14-24-13-7-8-16-26(24)27)42-21-28-29-30(45-34(2,3)44-29)32(43-28)37-18-10-15-25(19-37)31(35)38;1-16(21(23)25-14-17-8-3-2-4-9-17)15-27(22,24)26-20-13-7-11-18-10-5-6-12-19(18)20;1-14(2)20-10-9(7-17)19-13(11(10)21-14)16-5-3-4-8(6-16)12(15)18;/h4-14,16-19,22,28-30,32H,15,20-21H2,1-3H3,(H2,35,38)(H,36,40);2-13,16H,14-15H2,1H3;3,5-6,9-11,13,17H,4,7H2,1-2H3,(H2,15,18);1H4/t22?,28?,29-,30-,32-,47?;;9?,10-,11-,13-;/m1.1./s1. The molecule has 23 nitrogen and oxygen atoms in total. The average molecular weight is 1380 g/mol. The van der Waals surface area contributed by atoms with Crippen molar-refractivity contribution in [2.75, 3.05) is 19.4 Å². The van der Waals surface area contributed by atoms with Gasteiger partial charge in [-0.1, -0.05) is 160 Å². The zero-order valence-corrected chi connectivity index (χ0v) is 55.8. The molecule has 4 saturated heterocycles. The van der Waals surface area contributed by atoms with E-state index in [9.17, 15) is 33.4 Å². The number of hydrogen-bond donors (Lipinski definition) is 4. The number of amides is 2. The Morgan fingerprint density at radius 2 is 1.03 bits per heavy atom. The van der Waals surface area contributed by atoms with Crippen LogP contribution in [0.15, 0.2) is 194 Å². The third-order valence-corrected chi connectivity index (χ3v) is 19.6. The van der Waals surface area contributed by atoms with E-state index in [1.807, 2.05) is 154 Å².